The molecule has 18 heavy (non-hydrogen) atoms. The third kappa shape index (κ3) is 3.64. The van der Waals surface area contributed by atoms with E-state index in [0.717, 1.165) is 0 Å². The van der Waals surface area contributed by atoms with Crippen LogP contribution >= 0.6 is 0 Å². The molecule has 0 aliphatic heterocycles. The maximum absolute atomic E-state index is 11.9. The van der Waals surface area contributed by atoms with Crippen LogP contribution < -0.4 is 9.46 Å². The van der Waals surface area contributed by atoms with Gasteiger partial charge in [-0.1, -0.05) is 6.07 Å². The molecule has 0 fully saturated rings. The molecule has 0 unspecified atom stereocenters. The molecule has 0 saturated carbocycles. The summed E-state index contributed by atoms with van der Waals surface area (Å²) in [6.07, 6.45) is 0. The van der Waals surface area contributed by atoms with Crippen molar-refractivity contribution in [2.75, 3.05) is 11.3 Å². The monoisotopic (exact) mass is 268 g/mol. The van der Waals surface area contributed by atoms with Gasteiger partial charge >= 0.3 is 0 Å². The summed E-state index contributed by atoms with van der Waals surface area (Å²) in [7, 11) is -3.46. The summed E-state index contributed by atoms with van der Waals surface area (Å²) in [5.41, 5.74) is 0.417. The van der Waals surface area contributed by atoms with Gasteiger partial charge in [0.15, 0.2) is 6.61 Å². The lowest BCUT2D eigenvalue weighted by atomic mass is 10.3. The second-order valence-electron chi connectivity index (χ2n) is 4.69. The third-order valence-electron chi connectivity index (χ3n) is 2.20. The minimum Gasteiger partial charge on any atom is -0.479 e. The Morgan fingerprint density at radius 3 is 2.61 bits per heavy atom. The average Bonchev–Trinajstić information content (AvgIpc) is 2.24. The fourth-order valence-electron chi connectivity index (χ4n) is 1.07. The van der Waals surface area contributed by atoms with E-state index in [4.69, 9.17) is 10.00 Å². The Morgan fingerprint density at radius 1 is 1.39 bits per heavy atom. The first kappa shape index (κ1) is 14.3. The van der Waals surface area contributed by atoms with Crippen molar-refractivity contribution in [3.8, 4) is 11.8 Å². The zero-order chi connectivity index (χ0) is 13.8. The summed E-state index contributed by atoms with van der Waals surface area (Å²) in [5.74, 6) is 0.450. The molecular weight excluding hydrogens is 252 g/mol. The summed E-state index contributed by atoms with van der Waals surface area (Å²) in [4.78, 5) is 0. The first-order valence-corrected chi connectivity index (χ1v) is 6.87. The third-order valence-corrected chi connectivity index (χ3v) is 4.31. The highest BCUT2D eigenvalue weighted by Gasteiger charge is 2.28. The zero-order valence-corrected chi connectivity index (χ0v) is 11.4. The van der Waals surface area contributed by atoms with Gasteiger partial charge in [-0.15, -0.1) is 0 Å². The predicted molar refractivity (Wildman–Crippen MR) is 69.8 cm³/mol. The van der Waals surface area contributed by atoms with Gasteiger partial charge in [0.05, 0.1) is 10.4 Å². The molecule has 0 bridgehead atoms. The summed E-state index contributed by atoms with van der Waals surface area (Å²) >= 11 is 0. The lowest BCUT2D eigenvalue weighted by molar-refractivity contribution is 0.368. The maximum Gasteiger partial charge on any atom is 0.237 e. The molecule has 0 heterocycles. The molecule has 0 saturated heterocycles. The van der Waals surface area contributed by atoms with E-state index < -0.39 is 14.8 Å². The van der Waals surface area contributed by atoms with Gasteiger partial charge in [0, 0.05) is 6.07 Å². The second-order valence-corrected chi connectivity index (χ2v) is 7.13. The van der Waals surface area contributed by atoms with Crippen molar-refractivity contribution in [3.63, 3.8) is 0 Å². The number of ether oxygens (including phenoxy) is 1. The molecule has 1 aromatic rings. The van der Waals surface area contributed by atoms with E-state index in [1.54, 1.807) is 45.0 Å². The smallest absolute Gasteiger partial charge is 0.237 e. The van der Waals surface area contributed by atoms with Gasteiger partial charge in [-0.05, 0) is 32.9 Å². The summed E-state index contributed by atoms with van der Waals surface area (Å²) in [6, 6.07) is 8.34. The van der Waals surface area contributed by atoms with Crippen LogP contribution in [0.15, 0.2) is 24.3 Å². The van der Waals surface area contributed by atoms with Crippen LogP contribution in [-0.4, -0.2) is 19.8 Å². The van der Waals surface area contributed by atoms with Gasteiger partial charge in [0.25, 0.3) is 0 Å². The molecule has 1 rings (SSSR count). The molecular formula is C12H16N2O3S. The molecule has 5 nitrogen and oxygen atoms in total. The van der Waals surface area contributed by atoms with Crippen molar-refractivity contribution < 1.29 is 13.2 Å². The Bertz CT molecular complexity index is 553. The van der Waals surface area contributed by atoms with Crippen LogP contribution in [0, 0.1) is 11.3 Å². The lowest BCUT2D eigenvalue weighted by Gasteiger charge is -2.20. The normalized spacial score (nSPS) is 11.7. The van der Waals surface area contributed by atoms with E-state index in [1.807, 2.05) is 6.07 Å². The van der Waals surface area contributed by atoms with Crippen LogP contribution in [-0.2, 0) is 10.0 Å². The summed E-state index contributed by atoms with van der Waals surface area (Å²) in [6.45, 7) is 4.78. The molecule has 0 aliphatic carbocycles. The predicted octanol–water partition coefficient (Wildman–Crippen LogP) is 2.13. The van der Waals surface area contributed by atoms with Gasteiger partial charge in [0.2, 0.25) is 10.0 Å². The van der Waals surface area contributed by atoms with Crippen LogP contribution in [0.1, 0.15) is 20.8 Å². The number of hydrogen-bond donors (Lipinski definition) is 1. The van der Waals surface area contributed by atoms with Crippen molar-refractivity contribution in [3.05, 3.63) is 24.3 Å². The Balaban J connectivity index is 2.90. The number of rotatable bonds is 4. The minimum atomic E-state index is -3.46. The highest BCUT2D eigenvalue weighted by atomic mass is 32.2. The van der Waals surface area contributed by atoms with Crippen LogP contribution in [0.4, 0.5) is 5.69 Å². The Morgan fingerprint density at radius 2 is 2.06 bits per heavy atom. The van der Waals surface area contributed by atoms with Crippen molar-refractivity contribution >= 4 is 15.7 Å². The fraction of sp³-hybridized carbons (Fsp3) is 0.417. The van der Waals surface area contributed by atoms with Gasteiger partial charge in [-0.2, -0.15) is 5.26 Å². The van der Waals surface area contributed by atoms with Crippen molar-refractivity contribution in [1.29, 1.82) is 5.26 Å². The molecule has 1 N–H and O–H groups in total. The number of anilines is 1. The Kier molecular flexibility index (Phi) is 4.19. The maximum atomic E-state index is 11.9. The van der Waals surface area contributed by atoms with E-state index in [0.29, 0.717) is 11.4 Å². The van der Waals surface area contributed by atoms with E-state index in [1.165, 1.54) is 0 Å². The first-order valence-electron chi connectivity index (χ1n) is 5.38. The van der Waals surface area contributed by atoms with E-state index in [2.05, 4.69) is 4.72 Å². The van der Waals surface area contributed by atoms with E-state index in [-0.39, 0.29) is 6.61 Å². The van der Waals surface area contributed by atoms with Crippen LogP contribution in [0.3, 0.4) is 0 Å². The molecule has 1 aromatic carbocycles. The number of nitriles is 1. The number of nitrogens with zero attached hydrogens (tertiary/aromatic N) is 1. The van der Waals surface area contributed by atoms with Gasteiger partial charge < -0.3 is 4.74 Å². The molecule has 0 radical (unpaired) electrons. The summed E-state index contributed by atoms with van der Waals surface area (Å²) < 4.78 is 30.6. The highest BCUT2D eigenvalue weighted by Crippen LogP contribution is 2.22. The highest BCUT2D eigenvalue weighted by molar-refractivity contribution is 7.94. The van der Waals surface area contributed by atoms with E-state index in [9.17, 15) is 8.42 Å². The summed E-state index contributed by atoms with van der Waals surface area (Å²) in [5, 5.41) is 8.40. The Labute approximate surface area is 107 Å². The van der Waals surface area contributed by atoms with Crippen LogP contribution in [0.25, 0.3) is 0 Å². The minimum absolute atomic E-state index is 0.0739. The SMILES string of the molecule is CC(C)(C)S(=O)(=O)Nc1cccc(OCC#N)c1. The zero-order valence-electron chi connectivity index (χ0n) is 10.6. The van der Waals surface area contributed by atoms with Crippen LogP contribution in [0.2, 0.25) is 0 Å². The van der Waals surface area contributed by atoms with Gasteiger partial charge in [-0.3, -0.25) is 4.72 Å². The molecule has 0 aromatic heterocycles. The first-order chi connectivity index (χ1) is 8.26. The van der Waals surface area contributed by atoms with Gasteiger partial charge in [-0.25, -0.2) is 8.42 Å². The lowest BCUT2D eigenvalue weighted by Crippen LogP contribution is -2.33. The topological polar surface area (TPSA) is 79.2 Å². The largest absolute Gasteiger partial charge is 0.479 e. The quantitative estimate of drug-likeness (QED) is 0.907. The molecule has 0 atom stereocenters. The average molecular weight is 268 g/mol. The molecule has 0 amide bonds. The second kappa shape index (κ2) is 5.27. The van der Waals surface area contributed by atoms with Crippen molar-refractivity contribution in [1.82, 2.24) is 0 Å². The number of sulfonamides is 1. The number of hydrogen-bond acceptors (Lipinski definition) is 4. The number of nitrogens with one attached hydrogen (secondary N) is 1. The van der Waals surface area contributed by atoms with E-state index >= 15 is 0 Å². The fourth-order valence-corrected chi connectivity index (χ4v) is 1.82. The molecule has 6 heteroatoms. The molecule has 98 valence electrons. The Hall–Kier alpha value is -1.74. The van der Waals surface area contributed by atoms with Crippen LogP contribution in [0.5, 0.6) is 5.75 Å². The molecule has 0 spiro atoms. The standard InChI is InChI=1S/C12H16N2O3S/c1-12(2,3)18(15,16)14-10-5-4-6-11(9-10)17-8-7-13/h4-6,9,14H,8H2,1-3H3. The molecule has 0 aliphatic rings. The van der Waals surface area contributed by atoms with Gasteiger partial charge in [0.1, 0.15) is 11.8 Å². The van der Waals surface area contributed by atoms with Crippen molar-refractivity contribution in [2.45, 2.75) is 25.5 Å². The number of benzene rings is 1. The van der Waals surface area contributed by atoms with Crippen molar-refractivity contribution in [2.24, 2.45) is 0 Å².